The molecule has 0 bridgehead atoms. The number of Topliss-reactive ketones (excluding diaryl/α,β-unsaturated/α-hetero) is 1. The van der Waals surface area contributed by atoms with Crippen molar-refractivity contribution in [3.05, 3.63) is 29.3 Å². The van der Waals surface area contributed by atoms with Gasteiger partial charge >= 0.3 is 0 Å². The predicted molar refractivity (Wildman–Crippen MR) is 65.9 cm³/mol. The number of aliphatic hydroxyl groups is 1. The molecular formula is C12H15BrO3. The number of benzene rings is 1. The SMILES string of the molecule is CCOc1ccc(C(Br)C(C)=O)cc1CO. The summed E-state index contributed by atoms with van der Waals surface area (Å²) < 4.78 is 5.36. The second kappa shape index (κ2) is 6.01. The van der Waals surface area contributed by atoms with Crippen LogP contribution in [0.4, 0.5) is 0 Å². The van der Waals surface area contributed by atoms with E-state index < -0.39 is 0 Å². The van der Waals surface area contributed by atoms with Crippen LogP contribution in [0.5, 0.6) is 5.75 Å². The Hall–Kier alpha value is -0.870. The highest BCUT2D eigenvalue weighted by molar-refractivity contribution is 9.09. The topological polar surface area (TPSA) is 46.5 Å². The molecular weight excluding hydrogens is 272 g/mol. The lowest BCUT2D eigenvalue weighted by Crippen LogP contribution is -2.03. The first-order chi connectivity index (χ1) is 7.60. The van der Waals surface area contributed by atoms with Crippen LogP contribution in [-0.4, -0.2) is 17.5 Å². The van der Waals surface area contributed by atoms with Crippen molar-refractivity contribution >= 4 is 21.7 Å². The third-order valence-corrected chi connectivity index (χ3v) is 3.38. The number of carbonyl (C=O) groups is 1. The minimum Gasteiger partial charge on any atom is -0.494 e. The van der Waals surface area contributed by atoms with Crippen LogP contribution in [0.3, 0.4) is 0 Å². The molecule has 0 aliphatic carbocycles. The molecule has 0 amide bonds. The maximum Gasteiger partial charge on any atom is 0.147 e. The van der Waals surface area contributed by atoms with Crippen LogP contribution in [0.2, 0.25) is 0 Å². The van der Waals surface area contributed by atoms with E-state index in [-0.39, 0.29) is 17.2 Å². The summed E-state index contributed by atoms with van der Waals surface area (Å²) in [6, 6.07) is 5.39. The van der Waals surface area contributed by atoms with Gasteiger partial charge in [0.1, 0.15) is 11.5 Å². The number of hydrogen-bond donors (Lipinski definition) is 1. The van der Waals surface area contributed by atoms with Crippen LogP contribution in [0.25, 0.3) is 0 Å². The van der Waals surface area contributed by atoms with Crippen molar-refractivity contribution in [2.75, 3.05) is 6.61 Å². The standard InChI is InChI=1S/C12H15BrO3/c1-3-16-11-5-4-9(6-10(11)7-14)12(13)8(2)15/h4-6,12,14H,3,7H2,1-2H3. The van der Waals surface area contributed by atoms with E-state index in [2.05, 4.69) is 15.9 Å². The Balaban J connectivity index is 3.03. The van der Waals surface area contributed by atoms with Gasteiger partial charge in [-0.3, -0.25) is 4.79 Å². The number of rotatable bonds is 5. The number of hydrogen-bond acceptors (Lipinski definition) is 3. The van der Waals surface area contributed by atoms with Gasteiger partial charge in [-0.25, -0.2) is 0 Å². The van der Waals surface area contributed by atoms with Gasteiger partial charge in [0.05, 0.1) is 18.0 Å². The summed E-state index contributed by atoms with van der Waals surface area (Å²) in [5, 5.41) is 9.21. The Kier molecular flexibility index (Phi) is 4.96. The van der Waals surface area contributed by atoms with Gasteiger partial charge in [-0.2, -0.15) is 0 Å². The number of halogens is 1. The molecule has 1 unspecified atom stereocenters. The fourth-order valence-electron chi connectivity index (χ4n) is 1.41. The molecule has 0 saturated carbocycles. The highest BCUT2D eigenvalue weighted by Crippen LogP contribution is 2.28. The van der Waals surface area contributed by atoms with E-state index in [1.807, 2.05) is 13.0 Å². The minimum atomic E-state index is -0.325. The van der Waals surface area contributed by atoms with Gasteiger partial charge in [0.15, 0.2) is 0 Å². The van der Waals surface area contributed by atoms with Crippen molar-refractivity contribution in [3.8, 4) is 5.75 Å². The monoisotopic (exact) mass is 286 g/mol. The zero-order valence-corrected chi connectivity index (χ0v) is 11.0. The Morgan fingerprint density at radius 2 is 2.25 bits per heavy atom. The Bertz CT molecular complexity index is 377. The maximum atomic E-state index is 11.2. The molecule has 0 aliphatic heterocycles. The molecule has 88 valence electrons. The second-order valence-corrected chi connectivity index (χ2v) is 4.35. The van der Waals surface area contributed by atoms with Crippen molar-refractivity contribution in [2.24, 2.45) is 0 Å². The minimum absolute atomic E-state index is 0.0352. The molecule has 1 rings (SSSR count). The van der Waals surface area contributed by atoms with Gasteiger partial charge in [0.2, 0.25) is 0 Å². The molecule has 4 heteroatoms. The van der Waals surface area contributed by atoms with E-state index in [4.69, 9.17) is 4.74 Å². The summed E-state index contributed by atoms with van der Waals surface area (Å²) in [7, 11) is 0. The maximum absolute atomic E-state index is 11.2. The molecule has 0 saturated heterocycles. The van der Waals surface area contributed by atoms with Crippen molar-refractivity contribution in [2.45, 2.75) is 25.3 Å². The van der Waals surface area contributed by atoms with Crippen LogP contribution < -0.4 is 4.74 Å². The van der Waals surface area contributed by atoms with Crippen LogP contribution in [-0.2, 0) is 11.4 Å². The lowest BCUT2D eigenvalue weighted by molar-refractivity contribution is -0.116. The summed E-state index contributed by atoms with van der Waals surface area (Å²) in [5.41, 5.74) is 1.53. The molecule has 0 radical (unpaired) electrons. The number of carbonyl (C=O) groups excluding carboxylic acids is 1. The molecule has 0 aliphatic rings. The molecule has 0 aromatic heterocycles. The quantitative estimate of drug-likeness (QED) is 0.847. The normalized spacial score (nSPS) is 12.2. The number of ketones is 1. The van der Waals surface area contributed by atoms with Gasteiger partial charge in [-0.05, 0) is 31.5 Å². The summed E-state index contributed by atoms with van der Waals surface area (Å²) in [6.45, 7) is 3.87. The lowest BCUT2D eigenvalue weighted by atomic mass is 10.1. The van der Waals surface area contributed by atoms with E-state index >= 15 is 0 Å². The van der Waals surface area contributed by atoms with Crippen molar-refractivity contribution in [1.29, 1.82) is 0 Å². The third kappa shape index (κ3) is 3.06. The highest BCUT2D eigenvalue weighted by atomic mass is 79.9. The van der Waals surface area contributed by atoms with Gasteiger partial charge in [0, 0.05) is 5.56 Å². The zero-order chi connectivity index (χ0) is 12.1. The molecule has 1 aromatic carbocycles. The Morgan fingerprint density at radius 1 is 1.56 bits per heavy atom. The molecule has 16 heavy (non-hydrogen) atoms. The van der Waals surface area contributed by atoms with E-state index in [0.717, 1.165) is 5.56 Å². The first-order valence-corrected chi connectivity index (χ1v) is 6.02. The number of aliphatic hydroxyl groups excluding tert-OH is 1. The number of alkyl halides is 1. The molecule has 0 fully saturated rings. The van der Waals surface area contributed by atoms with Crippen molar-refractivity contribution in [1.82, 2.24) is 0 Å². The average Bonchev–Trinajstić information content (AvgIpc) is 2.29. The average molecular weight is 287 g/mol. The first-order valence-electron chi connectivity index (χ1n) is 5.11. The van der Waals surface area contributed by atoms with Gasteiger partial charge in [-0.15, -0.1) is 0 Å². The van der Waals surface area contributed by atoms with E-state index in [1.54, 1.807) is 12.1 Å². The van der Waals surface area contributed by atoms with Crippen molar-refractivity contribution < 1.29 is 14.6 Å². The second-order valence-electron chi connectivity index (χ2n) is 3.43. The summed E-state index contributed by atoms with van der Waals surface area (Å²) in [5.74, 6) is 0.699. The predicted octanol–water partition coefficient (Wildman–Crippen LogP) is 2.60. The molecule has 0 spiro atoms. The molecule has 3 nitrogen and oxygen atoms in total. The fourth-order valence-corrected chi connectivity index (χ4v) is 1.70. The van der Waals surface area contributed by atoms with Gasteiger partial charge in [0.25, 0.3) is 0 Å². The van der Waals surface area contributed by atoms with Crippen LogP contribution in [0.15, 0.2) is 18.2 Å². The van der Waals surface area contributed by atoms with Gasteiger partial charge in [-0.1, -0.05) is 22.0 Å². The van der Waals surface area contributed by atoms with E-state index in [0.29, 0.717) is 17.9 Å². The highest BCUT2D eigenvalue weighted by Gasteiger charge is 2.14. The molecule has 1 atom stereocenters. The summed E-state index contributed by atoms with van der Waals surface area (Å²) in [6.07, 6.45) is 0. The largest absolute Gasteiger partial charge is 0.494 e. The van der Waals surface area contributed by atoms with E-state index in [9.17, 15) is 9.90 Å². The van der Waals surface area contributed by atoms with Crippen LogP contribution in [0.1, 0.15) is 29.8 Å². The first kappa shape index (κ1) is 13.2. The molecule has 0 heterocycles. The Morgan fingerprint density at radius 3 is 2.75 bits per heavy atom. The molecule has 1 N–H and O–H groups in total. The van der Waals surface area contributed by atoms with Crippen LogP contribution in [0, 0.1) is 0 Å². The number of ether oxygens (including phenoxy) is 1. The third-order valence-electron chi connectivity index (χ3n) is 2.20. The Labute approximate surface area is 104 Å². The zero-order valence-electron chi connectivity index (χ0n) is 9.37. The van der Waals surface area contributed by atoms with Crippen molar-refractivity contribution in [3.63, 3.8) is 0 Å². The summed E-state index contributed by atoms with van der Waals surface area (Å²) in [4.78, 5) is 10.9. The van der Waals surface area contributed by atoms with Crippen LogP contribution >= 0.6 is 15.9 Å². The lowest BCUT2D eigenvalue weighted by Gasteiger charge is -2.12. The van der Waals surface area contributed by atoms with Gasteiger partial charge < -0.3 is 9.84 Å². The molecule has 1 aromatic rings. The van der Waals surface area contributed by atoms with E-state index in [1.165, 1.54) is 6.92 Å². The summed E-state index contributed by atoms with van der Waals surface area (Å²) >= 11 is 3.31. The fraction of sp³-hybridized carbons (Fsp3) is 0.417. The smallest absolute Gasteiger partial charge is 0.147 e.